The number of nitrogens with zero attached hydrogens (tertiary/aromatic N) is 2. The number of rotatable bonds is 10. The van der Waals surface area contributed by atoms with Crippen LogP contribution in [0.25, 0.3) is 0 Å². The topological polar surface area (TPSA) is 108 Å². The van der Waals surface area contributed by atoms with Gasteiger partial charge in [-0.3, -0.25) is 10.4 Å². The molecule has 0 heterocycles. The number of terminal acetylenes is 1. The Bertz CT molecular complexity index is 1450. The van der Waals surface area contributed by atoms with Gasteiger partial charge in [0.15, 0.2) is 0 Å². The highest BCUT2D eigenvalue weighted by atomic mass is 32.2. The number of benzene rings is 3. The number of aryl methyl sites for hydroxylation is 2. The van der Waals surface area contributed by atoms with Gasteiger partial charge in [0.05, 0.1) is 22.9 Å². The Labute approximate surface area is 213 Å². The molecule has 188 valence electrons. The van der Waals surface area contributed by atoms with Crippen molar-refractivity contribution < 1.29 is 16.8 Å². The van der Waals surface area contributed by atoms with E-state index in [0.29, 0.717) is 5.56 Å². The van der Waals surface area contributed by atoms with E-state index in [1.54, 1.807) is 48.5 Å². The minimum atomic E-state index is -3.87. The smallest absolute Gasteiger partial charge is 0.257 e. The van der Waals surface area contributed by atoms with Crippen LogP contribution in [-0.2, 0) is 20.0 Å². The number of aliphatic imine (C=N–C) groups is 1. The third-order valence-corrected chi connectivity index (χ3v) is 8.35. The van der Waals surface area contributed by atoms with E-state index >= 15 is 0 Å². The monoisotopic (exact) mass is 524 g/mol. The molecular weight excluding hydrogens is 496 g/mol. The van der Waals surface area contributed by atoms with E-state index in [-0.39, 0.29) is 35.3 Å². The second-order valence-electron chi connectivity index (χ2n) is 8.00. The quantitative estimate of drug-likeness (QED) is 0.184. The summed E-state index contributed by atoms with van der Waals surface area (Å²) in [5.74, 6) is 2.62. The van der Waals surface area contributed by atoms with Gasteiger partial charge in [0.25, 0.3) is 10.0 Å². The van der Waals surface area contributed by atoms with E-state index in [1.165, 1.54) is 28.6 Å². The summed E-state index contributed by atoms with van der Waals surface area (Å²) < 4.78 is 52.8. The summed E-state index contributed by atoms with van der Waals surface area (Å²) in [6, 6.07) is 21.8. The van der Waals surface area contributed by atoms with Crippen LogP contribution >= 0.6 is 0 Å². The number of sulfonamides is 2. The predicted octanol–water partition coefficient (Wildman–Crippen LogP) is 2.86. The van der Waals surface area contributed by atoms with Crippen molar-refractivity contribution in [3.05, 3.63) is 95.6 Å². The number of hydrogen-bond acceptors (Lipinski definition) is 5. The normalized spacial score (nSPS) is 12.3. The summed E-state index contributed by atoms with van der Waals surface area (Å²) in [5, 5.41) is 0. The van der Waals surface area contributed by atoms with Crippen molar-refractivity contribution in [1.82, 2.24) is 14.6 Å². The molecule has 36 heavy (non-hydrogen) atoms. The molecule has 0 aliphatic rings. The van der Waals surface area contributed by atoms with Crippen molar-refractivity contribution in [2.75, 3.05) is 19.6 Å². The van der Waals surface area contributed by atoms with Gasteiger partial charge >= 0.3 is 0 Å². The SMILES string of the molecule is C#CCN(CCN=C(NNS(=O)(=O)c1ccc(C)cc1)c1ccccc1)S(=O)(=O)c1ccc(C)cc1. The van der Waals surface area contributed by atoms with Gasteiger partial charge in [-0.15, -0.1) is 11.3 Å². The van der Waals surface area contributed by atoms with Gasteiger partial charge in [-0.2, -0.15) is 4.31 Å². The average Bonchev–Trinajstić information content (AvgIpc) is 2.86. The maximum atomic E-state index is 13.1. The summed E-state index contributed by atoms with van der Waals surface area (Å²) in [7, 11) is -7.70. The summed E-state index contributed by atoms with van der Waals surface area (Å²) in [5.41, 5.74) is 5.17. The van der Waals surface area contributed by atoms with Crippen molar-refractivity contribution in [3.8, 4) is 12.3 Å². The van der Waals surface area contributed by atoms with Gasteiger partial charge in [0.2, 0.25) is 10.0 Å². The molecule has 0 amide bonds. The molecule has 3 aromatic rings. The van der Waals surface area contributed by atoms with Crippen molar-refractivity contribution in [3.63, 3.8) is 0 Å². The molecule has 0 aliphatic heterocycles. The number of amidine groups is 1. The van der Waals surface area contributed by atoms with Crippen LogP contribution < -0.4 is 10.3 Å². The fourth-order valence-corrected chi connectivity index (χ4v) is 5.40. The van der Waals surface area contributed by atoms with E-state index in [9.17, 15) is 16.8 Å². The van der Waals surface area contributed by atoms with Gasteiger partial charge < -0.3 is 0 Å². The first-order valence-corrected chi connectivity index (χ1v) is 14.0. The largest absolute Gasteiger partial charge is 0.292 e. The molecule has 0 saturated carbocycles. The summed E-state index contributed by atoms with van der Waals surface area (Å²) in [4.78, 5) is 7.03. The van der Waals surface area contributed by atoms with Crippen molar-refractivity contribution in [2.24, 2.45) is 4.99 Å². The van der Waals surface area contributed by atoms with Crippen LogP contribution in [0.15, 0.2) is 93.6 Å². The van der Waals surface area contributed by atoms with Crippen LogP contribution in [0, 0.1) is 26.2 Å². The third kappa shape index (κ3) is 7.02. The molecule has 8 nitrogen and oxygen atoms in total. The second-order valence-corrected chi connectivity index (χ2v) is 11.6. The zero-order chi connectivity index (χ0) is 26.2. The third-order valence-electron chi connectivity index (χ3n) is 5.23. The Balaban J connectivity index is 1.80. The van der Waals surface area contributed by atoms with Crippen LogP contribution in [0.4, 0.5) is 0 Å². The van der Waals surface area contributed by atoms with Gasteiger partial charge in [-0.25, -0.2) is 16.8 Å². The zero-order valence-electron chi connectivity index (χ0n) is 20.0. The lowest BCUT2D eigenvalue weighted by Crippen LogP contribution is -2.42. The molecule has 0 aliphatic carbocycles. The molecule has 2 N–H and O–H groups in total. The van der Waals surface area contributed by atoms with E-state index in [1.807, 2.05) is 19.9 Å². The van der Waals surface area contributed by atoms with Crippen LogP contribution in [0.1, 0.15) is 16.7 Å². The molecule has 3 aromatic carbocycles. The summed E-state index contributed by atoms with van der Waals surface area (Å²) in [6.07, 6.45) is 5.43. The lowest BCUT2D eigenvalue weighted by molar-refractivity contribution is 0.454. The van der Waals surface area contributed by atoms with Gasteiger partial charge in [-0.05, 0) is 38.1 Å². The Hall–Kier alpha value is -3.49. The van der Waals surface area contributed by atoms with Gasteiger partial charge in [0, 0.05) is 12.1 Å². The maximum absolute atomic E-state index is 13.1. The first-order valence-electron chi connectivity index (χ1n) is 11.1. The summed E-state index contributed by atoms with van der Waals surface area (Å²) in [6.45, 7) is 3.65. The number of hydrogen-bond donors (Lipinski definition) is 2. The highest BCUT2D eigenvalue weighted by Crippen LogP contribution is 2.16. The summed E-state index contributed by atoms with van der Waals surface area (Å²) >= 11 is 0. The molecule has 0 fully saturated rings. The highest BCUT2D eigenvalue weighted by Gasteiger charge is 2.23. The van der Waals surface area contributed by atoms with Crippen LogP contribution in [0.5, 0.6) is 0 Å². The highest BCUT2D eigenvalue weighted by molar-refractivity contribution is 7.89. The molecule has 0 saturated heterocycles. The molecular formula is C26H28N4O4S2. The Kier molecular flexibility index (Phi) is 9.01. The van der Waals surface area contributed by atoms with Gasteiger partial charge in [-0.1, -0.05) is 71.6 Å². The first kappa shape index (κ1) is 27.1. The maximum Gasteiger partial charge on any atom is 0.257 e. The van der Waals surface area contributed by atoms with E-state index in [0.717, 1.165) is 11.1 Å². The fraction of sp³-hybridized carbons (Fsp3) is 0.192. The molecule has 0 atom stereocenters. The van der Waals surface area contributed by atoms with Crippen molar-refractivity contribution in [2.45, 2.75) is 23.6 Å². The van der Waals surface area contributed by atoms with Crippen LogP contribution in [0.2, 0.25) is 0 Å². The fourth-order valence-electron chi connectivity index (χ4n) is 3.21. The minimum Gasteiger partial charge on any atom is -0.292 e. The van der Waals surface area contributed by atoms with Crippen molar-refractivity contribution in [1.29, 1.82) is 0 Å². The lowest BCUT2D eigenvalue weighted by Gasteiger charge is -2.19. The first-order chi connectivity index (χ1) is 17.1. The number of hydrazine groups is 1. The second kappa shape index (κ2) is 12.0. The molecule has 0 radical (unpaired) electrons. The van der Waals surface area contributed by atoms with Crippen LogP contribution in [0.3, 0.4) is 0 Å². The standard InChI is InChI=1S/C26H28N4O4S2/c1-4-19-30(36(33,34)25-16-12-22(3)13-17-25)20-18-27-26(23-8-6-5-7-9-23)28-29-35(31,32)24-14-10-21(2)11-15-24/h1,5-17,29H,18-20H2,2-3H3,(H,27,28). The Morgan fingerprint density at radius 3 is 1.97 bits per heavy atom. The molecule has 3 rings (SSSR count). The minimum absolute atomic E-state index is 0.00311. The van der Waals surface area contributed by atoms with E-state index < -0.39 is 20.0 Å². The molecule has 0 aromatic heterocycles. The molecule has 0 spiro atoms. The Morgan fingerprint density at radius 1 is 0.861 bits per heavy atom. The lowest BCUT2D eigenvalue weighted by atomic mass is 10.2. The van der Waals surface area contributed by atoms with Crippen molar-refractivity contribution >= 4 is 25.9 Å². The molecule has 0 unspecified atom stereocenters. The van der Waals surface area contributed by atoms with Crippen LogP contribution in [-0.4, -0.2) is 46.6 Å². The Morgan fingerprint density at radius 2 is 1.42 bits per heavy atom. The predicted molar refractivity (Wildman–Crippen MR) is 141 cm³/mol. The molecule has 0 bridgehead atoms. The van der Waals surface area contributed by atoms with E-state index in [4.69, 9.17) is 6.42 Å². The average molecular weight is 525 g/mol. The molecule has 10 heteroatoms. The van der Waals surface area contributed by atoms with Gasteiger partial charge in [0.1, 0.15) is 5.84 Å². The van der Waals surface area contributed by atoms with E-state index in [2.05, 4.69) is 21.2 Å². The zero-order valence-corrected chi connectivity index (χ0v) is 21.7. The number of nitrogens with one attached hydrogen (secondary N) is 2.